The van der Waals surface area contributed by atoms with E-state index in [1.54, 1.807) is 11.8 Å². The topological polar surface area (TPSA) is 72.6 Å². The number of rotatable bonds is 3. The standard InChI is InChI=1S/C17H24N2O3S/c1-17(2,3)22-15(20)10-19-9-14(12-7-5-4-6-8-12)23-11-13(18)16(19)21/h4-8,13-14H,9-11,18H2,1-3H3. The first-order chi connectivity index (χ1) is 10.8. The van der Waals surface area contributed by atoms with Gasteiger partial charge in [-0.3, -0.25) is 9.59 Å². The molecule has 0 spiro atoms. The van der Waals surface area contributed by atoms with Crippen molar-refractivity contribution in [1.82, 2.24) is 4.90 Å². The Morgan fingerprint density at radius 3 is 2.61 bits per heavy atom. The van der Waals surface area contributed by atoms with Gasteiger partial charge in [0.25, 0.3) is 0 Å². The molecule has 1 aromatic carbocycles. The minimum Gasteiger partial charge on any atom is -0.459 e. The van der Waals surface area contributed by atoms with Crippen LogP contribution in [0, 0.1) is 0 Å². The van der Waals surface area contributed by atoms with E-state index in [9.17, 15) is 9.59 Å². The number of hydrogen-bond acceptors (Lipinski definition) is 5. The average Bonchev–Trinajstić information content (AvgIpc) is 2.60. The number of hydrogen-bond donors (Lipinski definition) is 1. The molecule has 1 amide bonds. The van der Waals surface area contributed by atoms with Crippen LogP contribution in [0.2, 0.25) is 0 Å². The number of nitrogens with two attached hydrogens (primary N) is 1. The molecule has 6 heteroatoms. The Bertz CT molecular complexity index is 557. The van der Waals surface area contributed by atoms with E-state index in [1.165, 1.54) is 4.90 Å². The van der Waals surface area contributed by atoms with Crippen LogP contribution in [0.25, 0.3) is 0 Å². The van der Waals surface area contributed by atoms with Crippen molar-refractivity contribution < 1.29 is 14.3 Å². The van der Waals surface area contributed by atoms with Gasteiger partial charge in [-0.25, -0.2) is 0 Å². The highest BCUT2D eigenvalue weighted by atomic mass is 32.2. The van der Waals surface area contributed by atoms with Crippen molar-refractivity contribution in [3.8, 4) is 0 Å². The van der Waals surface area contributed by atoms with Gasteiger partial charge in [-0.05, 0) is 26.3 Å². The number of nitrogens with zero attached hydrogens (tertiary/aromatic N) is 1. The maximum atomic E-state index is 12.4. The van der Waals surface area contributed by atoms with E-state index in [0.717, 1.165) is 5.56 Å². The molecule has 1 fully saturated rings. The fraction of sp³-hybridized carbons (Fsp3) is 0.529. The van der Waals surface area contributed by atoms with Gasteiger partial charge in [0, 0.05) is 17.5 Å². The highest BCUT2D eigenvalue weighted by Crippen LogP contribution is 2.32. The number of esters is 1. The Balaban J connectivity index is 2.11. The molecule has 0 saturated carbocycles. The van der Waals surface area contributed by atoms with Gasteiger partial charge in [0.1, 0.15) is 12.1 Å². The second-order valence-corrected chi connectivity index (χ2v) is 7.88. The Morgan fingerprint density at radius 1 is 1.35 bits per heavy atom. The molecule has 1 aliphatic heterocycles. The summed E-state index contributed by atoms with van der Waals surface area (Å²) in [7, 11) is 0. The lowest BCUT2D eigenvalue weighted by Gasteiger charge is -2.26. The van der Waals surface area contributed by atoms with Crippen molar-refractivity contribution in [1.29, 1.82) is 0 Å². The van der Waals surface area contributed by atoms with E-state index in [-0.39, 0.29) is 17.7 Å². The molecule has 2 N–H and O–H groups in total. The zero-order valence-corrected chi connectivity index (χ0v) is 14.6. The Morgan fingerprint density at radius 2 is 2.00 bits per heavy atom. The fourth-order valence-electron chi connectivity index (χ4n) is 2.41. The predicted octanol–water partition coefficient (Wildman–Crippen LogP) is 1.97. The number of ether oxygens (including phenoxy) is 1. The van der Waals surface area contributed by atoms with Gasteiger partial charge in [-0.2, -0.15) is 0 Å². The zero-order valence-electron chi connectivity index (χ0n) is 13.8. The third-order valence-corrected chi connectivity index (χ3v) is 4.78. The molecule has 2 unspecified atom stereocenters. The van der Waals surface area contributed by atoms with Crippen molar-refractivity contribution in [2.45, 2.75) is 37.7 Å². The van der Waals surface area contributed by atoms with Crippen LogP contribution >= 0.6 is 11.8 Å². The van der Waals surface area contributed by atoms with Gasteiger partial charge in [0.05, 0.1) is 6.04 Å². The van der Waals surface area contributed by atoms with Crippen LogP contribution in [-0.4, -0.2) is 47.3 Å². The van der Waals surface area contributed by atoms with Crippen molar-refractivity contribution >= 4 is 23.6 Å². The first-order valence-electron chi connectivity index (χ1n) is 7.69. The number of thioether (sulfide) groups is 1. The maximum Gasteiger partial charge on any atom is 0.326 e. The molecular weight excluding hydrogens is 312 g/mol. The molecule has 1 saturated heterocycles. The monoisotopic (exact) mass is 336 g/mol. The van der Waals surface area contributed by atoms with E-state index in [1.807, 2.05) is 51.1 Å². The van der Waals surface area contributed by atoms with Crippen molar-refractivity contribution in [2.24, 2.45) is 5.73 Å². The van der Waals surface area contributed by atoms with E-state index in [0.29, 0.717) is 12.3 Å². The minimum absolute atomic E-state index is 0.0618. The molecule has 0 aromatic heterocycles. The van der Waals surface area contributed by atoms with Crippen LogP contribution < -0.4 is 5.73 Å². The molecule has 0 bridgehead atoms. The van der Waals surface area contributed by atoms with Gasteiger partial charge in [-0.1, -0.05) is 30.3 Å². The van der Waals surface area contributed by atoms with Crippen LogP contribution in [-0.2, 0) is 14.3 Å². The number of amides is 1. The smallest absolute Gasteiger partial charge is 0.326 e. The SMILES string of the molecule is CC(C)(C)OC(=O)CN1CC(c2ccccc2)SCC(N)C1=O. The van der Waals surface area contributed by atoms with E-state index in [4.69, 9.17) is 10.5 Å². The maximum absolute atomic E-state index is 12.4. The second-order valence-electron chi connectivity index (χ2n) is 6.64. The summed E-state index contributed by atoms with van der Waals surface area (Å²) in [5.74, 6) is -0.0537. The third kappa shape index (κ3) is 5.25. The average molecular weight is 336 g/mol. The van der Waals surface area contributed by atoms with Gasteiger partial charge in [-0.15, -0.1) is 11.8 Å². The quantitative estimate of drug-likeness (QED) is 0.855. The summed E-state index contributed by atoms with van der Waals surface area (Å²) in [4.78, 5) is 26.0. The molecule has 1 aliphatic rings. The Hall–Kier alpha value is -1.53. The van der Waals surface area contributed by atoms with Gasteiger partial charge in [0.15, 0.2) is 0 Å². The van der Waals surface area contributed by atoms with Crippen LogP contribution in [0.5, 0.6) is 0 Å². The van der Waals surface area contributed by atoms with Gasteiger partial charge in [0.2, 0.25) is 5.91 Å². The molecule has 2 rings (SSSR count). The summed E-state index contributed by atoms with van der Waals surface area (Å²) < 4.78 is 5.33. The van der Waals surface area contributed by atoms with E-state index >= 15 is 0 Å². The summed E-state index contributed by atoms with van der Waals surface area (Å²) in [6.07, 6.45) is 0. The normalized spacial score (nSPS) is 22.6. The molecule has 126 valence electrons. The summed E-state index contributed by atoms with van der Waals surface area (Å²) in [5, 5.41) is 0.108. The van der Waals surface area contributed by atoms with Crippen molar-refractivity contribution in [3.63, 3.8) is 0 Å². The summed E-state index contributed by atoms with van der Waals surface area (Å²) >= 11 is 1.65. The van der Waals surface area contributed by atoms with Gasteiger partial charge < -0.3 is 15.4 Å². The van der Waals surface area contributed by atoms with Crippen molar-refractivity contribution in [3.05, 3.63) is 35.9 Å². The van der Waals surface area contributed by atoms with E-state index < -0.39 is 17.6 Å². The molecule has 23 heavy (non-hydrogen) atoms. The number of benzene rings is 1. The molecule has 0 aliphatic carbocycles. The van der Waals surface area contributed by atoms with E-state index in [2.05, 4.69) is 0 Å². The van der Waals surface area contributed by atoms with Crippen LogP contribution in [0.15, 0.2) is 30.3 Å². The second kappa shape index (κ2) is 7.36. The molecule has 2 atom stereocenters. The zero-order chi connectivity index (χ0) is 17.0. The van der Waals surface area contributed by atoms with Crippen LogP contribution in [0.4, 0.5) is 0 Å². The lowest BCUT2D eigenvalue weighted by atomic mass is 10.1. The highest BCUT2D eigenvalue weighted by molar-refractivity contribution is 7.99. The largest absolute Gasteiger partial charge is 0.459 e. The summed E-state index contributed by atoms with van der Waals surface area (Å²) in [6, 6.07) is 9.38. The van der Waals surface area contributed by atoms with Gasteiger partial charge >= 0.3 is 5.97 Å². The molecule has 5 nitrogen and oxygen atoms in total. The minimum atomic E-state index is -0.587. The van der Waals surface area contributed by atoms with Crippen molar-refractivity contribution in [2.75, 3.05) is 18.8 Å². The fourth-order valence-corrected chi connectivity index (χ4v) is 3.63. The Labute approximate surface area is 141 Å². The molecule has 1 heterocycles. The van der Waals surface area contributed by atoms with Crippen LogP contribution in [0.1, 0.15) is 31.6 Å². The van der Waals surface area contributed by atoms with Crippen LogP contribution in [0.3, 0.4) is 0 Å². The third-order valence-electron chi connectivity index (χ3n) is 3.40. The Kier molecular flexibility index (Phi) is 5.70. The highest BCUT2D eigenvalue weighted by Gasteiger charge is 2.32. The molecule has 1 aromatic rings. The lowest BCUT2D eigenvalue weighted by molar-refractivity contribution is -0.159. The summed E-state index contributed by atoms with van der Waals surface area (Å²) in [6.45, 7) is 5.82. The molecule has 0 radical (unpaired) electrons. The summed E-state index contributed by atoms with van der Waals surface area (Å²) in [5.41, 5.74) is 6.51. The first-order valence-corrected chi connectivity index (χ1v) is 8.74. The predicted molar refractivity (Wildman–Crippen MR) is 92.0 cm³/mol. The molecular formula is C17H24N2O3S. The number of carbonyl (C=O) groups is 2. The first kappa shape index (κ1) is 17.8. The number of carbonyl (C=O) groups excluding carboxylic acids is 2. The lowest BCUT2D eigenvalue weighted by Crippen LogP contribution is -2.47.